The number of carbonyl (C=O) groups is 1. The van der Waals surface area contributed by atoms with E-state index in [0.717, 1.165) is 12.1 Å². The molecule has 0 aliphatic carbocycles. The Labute approximate surface area is 169 Å². The van der Waals surface area contributed by atoms with Crippen LogP contribution in [0.3, 0.4) is 0 Å². The van der Waals surface area contributed by atoms with Crippen molar-refractivity contribution in [2.24, 2.45) is 0 Å². The molecule has 3 nitrogen and oxygen atoms in total. The normalized spacial score (nSPS) is 11.3. The van der Waals surface area contributed by atoms with E-state index in [0.29, 0.717) is 22.9 Å². The van der Waals surface area contributed by atoms with Crippen molar-refractivity contribution in [3.05, 3.63) is 88.5 Å². The van der Waals surface area contributed by atoms with Crippen LogP contribution in [0.15, 0.2) is 54.6 Å². The number of anilines is 1. The van der Waals surface area contributed by atoms with Gasteiger partial charge in [-0.1, -0.05) is 12.1 Å². The van der Waals surface area contributed by atoms with Crippen molar-refractivity contribution in [2.75, 3.05) is 5.32 Å². The highest BCUT2D eigenvalue weighted by Gasteiger charge is 2.35. The monoisotopic (exact) mass is 421 g/mol. The predicted octanol–water partition coefficient (Wildman–Crippen LogP) is 6.65. The molecule has 1 N–H and O–H groups in total. The summed E-state index contributed by atoms with van der Waals surface area (Å²) in [6.45, 7) is 3.15. The lowest BCUT2D eigenvalue weighted by atomic mass is 10.0. The third-order valence-electron chi connectivity index (χ3n) is 4.36. The van der Waals surface area contributed by atoms with Crippen LogP contribution in [0.4, 0.5) is 27.6 Å². The van der Waals surface area contributed by atoms with Gasteiger partial charge in [0.1, 0.15) is 28.7 Å². The molecule has 8 heteroatoms. The summed E-state index contributed by atoms with van der Waals surface area (Å²) in [5.41, 5.74) is -0.245. The number of alkyl halides is 3. The van der Waals surface area contributed by atoms with Crippen molar-refractivity contribution in [3.8, 4) is 11.5 Å². The zero-order chi connectivity index (χ0) is 22.1. The van der Waals surface area contributed by atoms with Gasteiger partial charge in [-0.15, -0.1) is 0 Å². The van der Waals surface area contributed by atoms with Crippen LogP contribution in [0, 0.1) is 25.5 Å². The molecule has 0 heterocycles. The number of rotatable bonds is 4. The first-order valence-corrected chi connectivity index (χ1v) is 8.78. The van der Waals surface area contributed by atoms with Crippen molar-refractivity contribution >= 4 is 11.6 Å². The Bertz CT molecular complexity index is 1090. The van der Waals surface area contributed by atoms with Crippen molar-refractivity contribution < 1.29 is 31.5 Å². The predicted molar refractivity (Wildman–Crippen MR) is 102 cm³/mol. The summed E-state index contributed by atoms with van der Waals surface area (Å²) in [5.74, 6) is -2.82. The first-order chi connectivity index (χ1) is 14.1. The fraction of sp³-hybridized carbons (Fsp3) is 0.136. The van der Waals surface area contributed by atoms with Gasteiger partial charge in [0, 0.05) is 5.69 Å². The van der Waals surface area contributed by atoms with Crippen LogP contribution in [-0.2, 0) is 6.18 Å². The fourth-order valence-electron chi connectivity index (χ4n) is 2.80. The number of hydrogen-bond acceptors (Lipinski definition) is 2. The topological polar surface area (TPSA) is 38.3 Å². The molecule has 30 heavy (non-hydrogen) atoms. The Morgan fingerprint density at radius 2 is 1.53 bits per heavy atom. The summed E-state index contributed by atoms with van der Waals surface area (Å²) in [5, 5.41) is 2.54. The molecule has 0 saturated heterocycles. The van der Waals surface area contributed by atoms with Crippen molar-refractivity contribution in [3.63, 3.8) is 0 Å². The summed E-state index contributed by atoms with van der Waals surface area (Å²) >= 11 is 0. The van der Waals surface area contributed by atoms with Gasteiger partial charge in [0.05, 0.1) is 5.56 Å². The van der Waals surface area contributed by atoms with Crippen LogP contribution in [-0.4, -0.2) is 5.91 Å². The molecule has 0 fully saturated rings. The van der Waals surface area contributed by atoms with Crippen LogP contribution < -0.4 is 10.1 Å². The van der Waals surface area contributed by atoms with E-state index >= 15 is 0 Å². The average molecular weight is 421 g/mol. The summed E-state index contributed by atoms with van der Waals surface area (Å²) in [6.07, 6.45) is -4.79. The SMILES string of the molecule is Cc1ccc(C)c(C(=O)Nc2ccc(Oc3ccc(F)cc3C(F)(F)F)cc2)c1F. The molecule has 3 rings (SSSR count). The van der Waals surface area contributed by atoms with Gasteiger partial charge < -0.3 is 10.1 Å². The molecular weight excluding hydrogens is 405 g/mol. The molecule has 0 unspecified atom stereocenters. The molecule has 0 spiro atoms. The van der Waals surface area contributed by atoms with E-state index in [9.17, 15) is 26.7 Å². The zero-order valence-corrected chi connectivity index (χ0v) is 15.9. The highest BCUT2D eigenvalue weighted by atomic mass is 19.4. The molecule has 0 aromatic heterocycles. The van der Waals surface area contributed by atoms with E-state index in [4.69, 9.17) is 4.74 Å². The number of halogens is 5. The maximum absolute atomic E-state index is 14.3. The van der Waals surface area contributed by atoms with Crippen molar-refractivity contribution in [1.82, 2.24) is 0 Å². The van der Waals surface area contributed by atoms with Gasteiger partial charge >= 0.3 is 6.18 Å². The van der Waals surface area contributed by atoms with E-state index in [1.165, 1.54) is 24.3 Å². The smallest absolute Gasteiger partial charge is 0.420 e. The minimum atomic E-state index is -4.79. The number of nitrogens with one attached hydrogen (secondary N) is 1. The van der Waals surface area contributed by atoms with Crippen molar-refractivity contribution in [1.29, 1.82) is 0 Å². The first-order valence-electron chi connectivity index (χ1n) is 8.78. The third-order valence-corrected chi connectivity index (χ3v) is 4.36. The van der Waals surface area contributed by atoms with Gasteiger partial charge in [-0.3, -0.25) is 4.79 Å². The van der Waals surface area contributed by atoms with E-state index < -0.39 is 35.0 Å². The Hall–Kier alpha value is -3.42. The van der Waals surface area contributed by atoms with Gasteiger partial charge in [-0.05, 0) is 67.4 Å². The number of amides is 1. The molecule has 0 saturated carbocycles. The maximum atomic E-state index is 14.3. The Kier molecular flexibility index (Phi) is 5.78. The zero-order valence-electron chi connectivity index (χ0n) is 15.9. The Morgan fingerprint density at radius 3 is 2.17 bits per heavy atom. The summed E-state index contributed by atoms with van der Waals surface area (Å²) in [6, 6.07) is 10.7. The molecule has 0 radical (unpaired) electrons. The lowest BCUT2D eigenvalue weighted by Gasteiger charge is -2.14. The van der Waals surface area contributed by atoms with E-state index in [2.05, 4.69) is 5.32 Å². The largest absolute Gasteiger partial charge is 0.457 e. The minimum absolute atomic E-state index is 0.0445. The standard InChI is InChI=1S/C22H16F5NO2/c1-12-3-4-13(2)20(24)19(12)21(29)28-15-6-8-16(9-7-15)30-18-10-5-14(23)11-17(18)22(25,26)27/h3-11H,1-2H3,(H,28,29). The van der Waals surface area contributed by atoms with Crippen LogP contribution in [0.2, 0.25) is 0 Å². The summed E-state index contributed by atoms with van der Waals surface area (Å²) < 4.78 is 71.9. The summed E-state index contributed by atoms with van der Waals surface area (Å²) in [4.78, 5) is 12.4. The van der Waals surface area contributed by atoms with Gasteiger partial charge in [0.2, 0.25) is 0 Å². The van der Waals surface area contributed by atoms with Crippen LogP contribution >= 0.6 is 0 Å². The maximum Gasteiger partial charge on any atom is 0.420 e. The first kappa shape index (κ1) is 21.3. The molecule has 156 valence electrons. The van der Waals surface area contributed by atoms with Gasteiger partial charge in [0.25, 0.3) is 5.91 Å². The lowest BCUT2D eigenvalue weighted by molar-refractivity contribution is -0.138. The van der Waals surface area contributed by atoms with E-state index in [1.807, 2.05) is 0 Å². The quantitative estimate of drug-likeness (QED) is 0.479. The van der Waals surface area contributed by atoms with E-state index in [1.54, 1.807) is 26.0 Å². The van der Waals surface area contributed by atoms with Crippen LogP contribution in [0.25, 0.3) is 0 Å². The Balaban J connectivity index is 1.79. The lowest BCUT2D eigenvalue weighted by Crippen LogP contribution is -2.16. The van der Waals surface area contributed by atoms with Crippen molar-refractivity contribution in [2.45, 2.75) is 20.0 Å². The van der Waals surface area contributed by atoms with Gasteiger partial charge in [-0.2, -0.15) is 13.2 Å². The molecule has 0 aliphatic heterocycles. The molecule has 0 atom stereocenters. The molecule has 0 bridgehead atoms. The van der Waals surface area contributed by atoms with Gasteiger partial charge in [0.15, 0.2) is 0 Å². The molecule has 1 amide bonds. The van der Waals surface area contributed by atoms with E-state index in [-0.39, 0.29) is 11.3 Å². The Morgan fingerprint density at radius 1 is 0.900 bits per heavy atom. The number of ether oxygens (including phenoxy) is 1. The van der Waals surface area contributed by atoms with Crippen LogP contribution in [0.1, 0.15) is 27.0 Å². The number of aryl methyl sites for hydroxylation is 2. The average Bonchev–Trinajstić information content (AvgIpc) is 2.67. The van der Waals surface area contributed by atoms with Gasteiger partial charge in [-0.25, -0.2) is 8.78 Å². The molecule has 0 aliphatic rings. The number of carbonyl (C=O) groups excluding carboxylic acids is 1. The second kappa shape index (κ2) is 8.14. The fourth-order valence-corrected chi connectivity index (χ4v) is 2.80. The number of benzene rings is 3. The summed E-state index contributed by atoms with van der Waals surface area (Å²) in [7, 11) is 0. The van der Waals surface area contributed by atoms with Crippen LogP contribution in [0.5, 0.6) is 11.5 Å². The second-order valence-corrected chi connectivity index (χ2v) is 6.61. The number of hydrogen-bond donors (Lipinski definition) is 1. The second-order valence-electron chi connectivity index (χ2n) is 6.61. The highest BCUT2D eigenvalue weighted by molar-refractivity contribution is 6.05. The minimum Gasteiger partial charge on any atom is -0.457 e. The third kappa shape index (κ3) is 4.59. The highest BCUT2D eigenvalue weighted by Crippen LogP contribution is 2.38. The molecular formula is C22H16F5NO2. The molecule has 3 aromatic rings. The molecule has 3 aromatic carbocycles.